The molecule has 2 saturated heterocycles. The van der Waals surface area contributed by atoms with E-state index in [1.807, 2.05) is 19.3 Å². The van der Waals surface area contributed by atoms with Crippen LogP contribution in [0, 0.1) is 5.82 Å². The van der Waals surface area contributed by atoms with E-state index in [0.29, 0.717) is 41.3 Å². The molecule has 2 fully saturated rings. The van der Waals surface area contributed by atoms with Crippen LogP contribution >= 0.6 is 23.2 Å². The molecule has 1 amide bonds. The van der Waals surface area contributed by atoms with Gasteiger partial charge in [-0.3, -0.25) is 14.5 Å². The van der Waals surface area contributed by atoms with Crippen LogP contribution in [-0.4, -0.2) is 70.7 Å². The summed E-state index contributed by atoms with van der Waals surface area (Å²) < 4.78 is 34.3. The van der Waals surface area contributed by atoms with Crippen molar-refractivity contribution in [3.8, 4) is 28.0 Å². The van der Waals surface area contributed by atoms with Gasteiger partial charge >= 0.3 is 5.97 Å². The number of fused-ring (bicyclic) bond motifs is 4. The number of aromatic nitrogens is 3. The summed E-state index contributed by atoms with van der Waals surface area (Å²) in [5.41, 5.74) is 4.51. The van der Waals surface area contributed by atoms with E-state index in [1.165, 1.54) is 18.1 Å². The number of methoxy groups -OCH3 is 1. The first-order chi connectivity index (χ1) is 23.2. The van der Waals surface area contributed by atoms with Crippen LogP contribution in [0.1, 0.15) is 32.7 Å². The quantitative estimate of drug-likeness (QED) is 0.193. The number of benzene rings is 3. The zero-order valence-electron chi connectivity index (χ0n) is 25.9. The van der Waals surface area contributed by atoms with Gasteiger partial charge in [0.05, 0.1) is 65.8 Å². The first-order valence-electron chi connectivity index (χ1n) is 15.3. The largest absolute Gasteiger partial charge is 0.472 e. The van der Waals surface area contributed by atoms with Crippen LogP contribution in [0.5, 0.6) is 5.75 Å². The lowest BCUT2D eigenvalue weighted by Crippen LogP contribution is -2.64. The second-order valence-electron chi connectivity index (χ2n) is 12.1. The van der Waals surface area contributed by atoms with Crippen molar-refractivity contribution >= 4 is 51.7 Å². The Labute approximate surface area is 284 Å². The molecule has 48 heavy (non-hydrogen) atoms. The normalized spacial score (nSPS) is 18.3. The third-order valence-electron chi connectivity index (χ3n) is 9.22. The third-order valence-corrected chi connectivity index (χ3v) is 9.81. The van der Waals surface area contributed by atoms with Crippen molar-refractivity contribution in [1.82, 2.24) is 19.7 Å². The summed E-state index contributed by atoms with van der Waals surface area (Å²) in [6.07, 6.45) is 6.22. The van der Waals surface area contributed by atoms with E-state index in [2.05, 4.69) is 15.0 Å². The lowest BCUT2D eigenvalue weighted by Gasteiger charge is -2.54. The molecule has 2 atom stereocenters. The van der Waals surface area contributed by atoms with Gasteiger partial charge < -0.3 is 24.0 Å². The van der Waals surface area contributed by atoms with Gasteiger partial charge in [0, 0.05) is 53.3 Å². The molecule has 5 heterocycles. The molecule has 2 unspecified atom stereocenters. The molecule has 10 nitrogen and oxygen atoms in total. The van der Waals surface area contributed by atoms with E-state index in [9.17, 15) is 9.59 Å². The van der Waals surface area contributed by atoms with Gasteiger partial charge in [0.2, 0.25) is 0 Å². The van der Waals surface area contributed by atoms with Gasteiger partial charge in [0.15, 0.2) is 6.73 Å². The molecule has 5 aromatic rings. The Balaban J connectivity index is 1.10. The van der Waals surface area contributed by atoms with E-state index in [4.69, 9.17) is 37.4 Å². The number of hydrogen-bond donors (Lipinski definition) is 0. The van der Waals surface area contributed by atoms with E-state index >= 15 is 4.39 Å². The van der Waals surface area contributed by atoms with Gasteiger partial charge in [-0.05, 0) is 36.2 Å². The van der Waals surface area contributed by atoms with Crippen LogP contribution in [0.25, 0.3) is 33.2 Å². The Morgan fingerprint density at radius 3 is 2.52 bits per heavy atom. The first-order valence-corrected chi connectivity index (χ1v) is 16.1. The van der Waals surface area contributed by atoms with Crippen molar-refractivity contribution < 1.29 is 28.2 Å². The van der Waals surface area contributed by atoms with Crippen LogP contribution in [-0.2, 0) is 23.1 Å². The first kappa shape index (κ1) is 30.6. The lowest BCUT2D eigenvalue weighted by atomic mass is 9.88. The van der Waals surface area contributed by atoms with Crippen molar-refractivity contribution in [2.24, 2.45) is 7.05 Å². The predicted molar refractivity (Wildman–Crippen MR) is 178 cm³/mol. The minimum Gasteiger partial charge on any atom is -0.472 e. The Bertz CT molecular complexity index is 2120. The van der Waals surface area contributed by atoms with E-state index < -0.39 is 17.7 Å². The molecule has 0 saturated carbocycles. The van der Waals surface area contributed by atoms with Gasteiger partial charge in [-0.1, -0.05) is 41.4 Å². The van der Waals surface area contributed by atoms with Crippen molar-refractivity contribution in [1.29, 1.82) is 0 Å². The fourth-order valence-corrected chi connectivity index (χ4v) is 7.62. The van der Waals surface area contributed by atoms with Crippen LogP contribution in [0.4, 0.5) is 10.1 Å². The molecular formula is C35H28Cl2FN5O5. The number of para-hydroxylation sites is 1. The number of esters is 1. The highest BCUT2D eigenvalue weighted by molar-refractivity contribution is 6.40. The fraction of sp³-hybridized carbons (Fsp3) is 0.257. The van der Waals surface area contributed by atoms with Crippen molar-refractivity contribution in [3.05, 3.63) is 93.6 Å². The summed E-state index contributed by atoms with van der Waals surface area (Å²) in [5, 5.41) is 5.75. The van der Waals surface area contributed by atoms with Crippen molar-refractivity contribution in [3.63, 3.8) is 0 Å². The molecule has 13 heteroatoms. The number of anilines is 1. The molecule has 0 radical (unpaired) electrons. The van der Waals surface area contributed by atoms with Gasteiger partial charge in [-0.25, -0.2) is 9.18 Å². The average Bonchev–Trinajstić information content (AvgIpc) is 3.48. The minimum absolute atomic E-state index is 0.0964. The number of pyridine rings is 1. The van der Waals surface area contributed by atoms with Gasteiger partial charge in [-0.15, -0.1) is 0 Å². The number of aryl methyl sites for hydroxylation is 1. The molecule has 3 aromatic carbocycles. The zero-order chi connectivity index (χ0) is 33.3. The smallest absolute Gasteiger partial charge is 0.340 e. The lowest BCUT2D eigenvalue weighted by molar-refractivity contribution is 0.0100. The maximum atomic E-state index is 15.8. The molecule has 3 aliphatic rings. The fourth-order valence-electron chi connectivity index (χ4n) is 6.97. The highest BCUT2D eigenvalue weighted by Crippen LogP contribution is 2.44. The highest BCUT2D eigenvalue weighted by atomic mass is 35.5. The number of ether oxygens (including phenoxy) is 3. The summed E-state index contributed by atoms with van der Waals surface area (Å²) in [5.74, 6) is -1.17. The van der Waals surface area contributed by atoms with Crippen LogP contribution in [0.15, 0.2) is 61.1 Å². The van der Waals surface area contributed by atoms with E-state index in [-0.39, 0.29) is 52.1 Å². The molecule has 244 valence electrons. The number of halogens is 3. The summed E-state index contributed by atoms with van der Waals surface area (Å²) in [4.78, 5) is 34.5. The topological polar surface area (TPSA) is 99.0 Å². The van der Waals surface area contributed by atoms with Crippen LogP contribution < -0.4 is 9.64 Å². The number of morpholine rings is 1. The van der Waals surface area contributed by atoms with Gasteiger partial charge in [-0.2, -0.15) is 5.10 Å². The Morgan fingerprint density at radius 2 is 1.79 bits per heavy atom. The Morgan fingerprint density at radius 1 is 1.02 bits per heavy atom. The standard InChI is InChI=1S/C35H28Cl2FN5O5/c1-41-13-20-11-39-12-26(32(20)40-41)19-6-27(36)31(28(37)7-19)34(44)42-14-18-4-3-5-23(33(18)48-17-42)24-10-30(25(9-29(24)38)35(45)46-2)43-21-8-22(43)16-47-15-21/h3-7,9-13,21-22H,8,14-17H2,1-2H3. The Kier molecular flexibility index (Phi) is 7.50. The second-order valence-corrected chi connectivity index (χ2v) is 13.0. The maximum absolute atomic E-state index is 15.8. The Hall–Kier alpha value is -4.71. The molecule has 0 N–H and O–H groups in total. The summed E-state index contributed by atoms with van der Waals surface area (Å²) in [6, 6.07) is 11.8. The monoisotopic (exact) mass is 687 g/mol. The van der Waals surface area contributed by atoms with E-state index in [1.54, 1.807) is 47.4 Å². The average molecular weight is 689 g/mol. The predicted octanol–water partition coefficient (Wildman–Crippen LogP) is 6.50. The SMILES string of the molecule is COC(=O)c1cc(F)c(-c2cccc3c2OCN(C(=O)c2c(Cl)cc(-c4cncc5cn(C)nc45)cc2Cl)C3)cc1N1C2COCC1C2. The van der Waals surface area contributed by atoms with Crippen LogP contribution in [0.2, 0.25) is 10.0 Å². The van der Waals surface area contributed by atoms with Crippen LogP contribution in [0.3, 0.4) is 0 Å². The molecule has 2 aromatic heterocycles. The number of hydrogen-bond acceptors (Lipinski definition) is 8. The molecule has 8 rings (SSSR count). The highest BCUT2D eigenvalue weighted by Gasteiger charge is 2.44. The van der Waals surface area contributed by atoms with Gasteiger partial charge in [0.1, 0.15) is 17.1 Å². The third kappa shape index (κ3) is 4.96. The summed E-state index contributed by atoms with van der Waals surface area (Å²) in [7, 11) is 3.11. The number of carbonyl (C=O) groups is 2. The second kappa shape index (κ2) is 11.8. The number of amides is 1. The minimum atomic E-state index is -0.613. The maximum Gasteiger partial charge on any atom is 0.340 e. The number of carbonyl (C=O) groups excluding carboxylic acids is 2. The van der Waals surface area contributed by atoms with Gasteiger partial charge in [0.25, 0.3) is 5.91 Å². The molecule has 0 aliphatic carbocycles. The number of nitrogens with zero attached hydrogens (tertiary/aromatic N) is 5. The molecule has 2 bridgehead atoms. The van der Waals surface area contributed by atoms with Crippen molar-refractivity contribution in [2.75, 3.05) is 32.0 Å². The summed E-state index contributed by atoms with van der Waals surface area (Å²) in [6.45, 7) is 1.13. The zero-order valence-corrected chi connectivity index (χ0v) is 27.4. The molecule has 3 aliphatic heterocycles. The number of rotatable bonds is 5. The molecule has 0 spiro atoms. The van der Waals surface area contributed by atoms with E-state index in [0.717, 1.165) is 22.9 Å². The molecular weight excluding hydrogens is 660 g/mol. The summed E-state index contributed by atoms with van der Waals surface area (Å²) >= 11 is 13.4. The van der Waals surface area contributed by atoms with Crippen molar-refractivity contribution in [2.45, 2.75) is 25.0 Å².